The minimum atomic E-state index is 0.00340. The summed E-state index contributed by atoms with van der Waals surface area (Å²) in [4.78, 5) is 24.1. The Morgan fingerprint density at radius 2 is 1.79 bits per heavy atom. The second kappa shape index (κ2) is 9.87. The van der Waals surface area contributed by atoms with Crippen molar-refractivity contribution in [3.05, 3.63) is 84.1 Å². The van der Waals surface area contributed by atoms with Crippen molar-refractivity contribution in [3.8, 4) is 22.8 Å². The lowest BCUT2D eigenvalue weighted by Gasteiger charge is -2.32. The average molecular weight is 454 g/mol. The maximum Gasteiger partial charge on any atom is 0.261 e. The molecule has 0 atom stereocenters. The number of piperidine rings is 1. The first-order valence-electron chi connectivity index (χ1n) is 11.6. The number of hydrogen-bond acceptors (Lipinski definition) is 6. The van der Waals surface area contributed by atoms with E-state index in [1.807, 2.05) is 73.7 Å². The lowest BCUT2D eigenvalue weighted by atomic mass is 9.95. The largest absolute Gasteiger partial charge is 0.356 e. The molecule has 7 nitrogen and oxygen atoms in total. The third-order valence-corrected chi connectivity index (χ3v) is 6.23. The van der Waals surface area contributed by atoms with E-state index < -0.39 is 0 Å². The molecule has 0 spiro atoms. The van der Waals surface area contributed by atoms with Crippen LogP contribution in [0.1, 0.15) is 24.0 Å². The molecule has 1 aliphatic heterocycles. The van der Waals surface area contributed by atoms with E-state index >= 15 is 0 Å². The van der Waals surface area contributed by atoms with Gasteiger partial charge in [-0.15, -0.1) is 0 Å². The molecular weight excluding hydrogens is 426 g/mol. The van der Waals surface area contributed by atoms with Crippen molar-refractivity contribution < 1.29 is 9.32 Å². The molecular formula is C27H27N5O2. The van der Waals surface area contributed by atoms with Crippen LogP contribution in [-0.2, 0) is 11.3 Å². The van der Waals surface area contributed by atoms with Crippen LogP contribution >= 0.6 is 0 Å². The summed E-state index contributed by atoms with van der Waals surface area (Å²) in [6.07, 6.45) is 3.32. The summed E-state index contributed by atoms with van der Waals surface area (Å²) in [5, 5.41) is 7.25. The molecule has 1 saturated heterocycles. The predicted molar refractivity (Wildman–Crippen MR) is 131 cm³/mol. The number of nitrogens with one attached hydrogen (secondary N) is 1. The van der Waals surface area contributed by atoms with Crippen LogP contribution in [-0.4, -0.2) is 34.1 Å². The number of rotatable bonds is 6. The fraction of sp³-hybridized carbons (Fsp3) is 0.259. The van der Waals surface area contributed by atoms with Gasteiger partial charge in [0.1, 0.15) is 5.82 Å². The van der Waals surface area contributed by atoms with Crippen LogP contribution in [0.5, 0.6) is 0 Å². The van der Waals surface area contributed by atoms with Gasteiger partial charge in [-0.1, -0.05) is 65.3 Å². The molecule has 34 heavy (non-hydrogen) atoms. The fourth-order valence-corrected chi connectivity index (χ4v) is 4.25. The van der Waals surface area contributed by atoms with Gasteiger partial charge in [-0.05, 0) is 37.5 Å². The Bertz CT molecular complexity index is 1250. The summed E-state index contributed by atoms with van der Waals surface area (Å²) < 4.78 is 5.61. The number of benzene rings is 2. The summed E-state index contributed by atoms with van der Waals surface area (Å²) in [5.41, 5.74) is 4.00. The normalized spacial score (nSPS) is 14.2. The Morgan fingerprint density at radius 1 is 1.03 bits per heavy atom. The highest BCUT2D eigenvalue weighted by Gasteiger charge is 2.27. The molecule has 5 rings (SSSR count). The standard InChI is InChI=1S/C27H27N5O2/c1-19-9-11-21(12-10-19)24-30-27(34-31-24)23-8-5-15-28-25(23)32-16-13-22(14-17-32)26(33)29-18-20-6-3-2-4-7-20/h2-12,15,22H,13-14,16-18H2,1H3,(H,29,33). The van der Waals surface area contributed by atoms with Gasteiger partial charge < -0.3 is 14.7 Å². The Morgan fingerprint density at radius 3 is 2.56 bits per heavy atom. The van der Waals surface area contributed by atoms with Gasteiger partial charge in [-0.3, -0.25) is 4.79 Å². The molecule has 0 radical (unpaired) electrons. The van der Waals surface area contributed by atoms with Gasteiger partial charge in [0.25, 0.3) is 5.89 Å². The summed E-state index contributed by atoms with van der Waals surface area (Å²) in [6, 6.07) is 21.8. The number of anilines is 1. The quantitative estimate of drug-likeness (QED) is 0.458. The first-order chi connectivity index (χ1) is 16.7. The number of carbonyl (C=O) groups is 1. The molecule has 0 saturated carbocycles. The van der Waals surface area contributed by atoms with Crippen LogP contribution < -0.4 is 10.2 Å². The second-order valence-corrected chi connectivity index (χ2v) is 8.63. The molecule has 1 aliphatic rings. The summed E-state index contributed by atoms with van der Waals surface area (Å²) in [7, 11) is 0. The minimum absolute atomic E-state index is 0.00340. The number of amides is 1. The topological polar surface area (TPSA) is 84.2 Å². The summed E-state index contributed by atoms with van der Waals surface area (Å²) in [6.45, 7) is 4.09. The monoisotopic (exact) mass is 453 g/mol. The number of nitrogens with zero attached hydrogens (tertiary/aromatic N) is 4. The molecule has 0 aliphatic carbocycles. The van der Waals surface area contributed by atoms with Gasteiger partial charge >= 0.3 is 0 Å². The lowest BCUT2D eigenvalue weighted by molar-refractivity contribution is -0.125. The van der Waals surface area contributed by atoms with E-state index in [0.717, 1.165) is 48.4 Å². The van der Waals surface area contributed by atoms with Gasteiger partial charge in [0.15, 0.2) is 0 Å². The molecule has 1 fully saturated rings. The Hall–Kier alpha value is -4.00. The van der Waals surface area contributed by atoms with E-state index in [0.29, 0.717) is 18.3 Å². The molecule has 0 unspecified atom stereocenters. The molecule has 1 amide bonds. The smallest absolute Gasteiger partial charge is 0.261 e. The van der Waals surface area contributed by atoms with Crippen LogP contribution in [0.3, 0.4) is 0 Å². The maximum absolute atomic E-state index is 12.7. The molecule has 7 heteroatoms. The van der Waals surface area contributed by atoms with Crippen molar-refractivity contribution in [1.82, 2.24) is 20.4 Å². The van der Waals surface area contributed by atoms with Crippen molar-refractivity contribution >= 4 is 11.7 Å². The fourth-order valence-electron chi connectivity index (χ4n) is 4.25. The van der Waals surface area contributed by atoms with E-state index in [4.69, 9.17) is 4.52 Å². The van der Waals surface area contributed by atoms with Crippen molar-refractivity contribution in [2.24, 2.45) is 5.92 Å². The van der Waals surface area contributed by atoms with E-state index in [1.165, 1.54) is 5.56 Å². The van der Waals surface area contributed by atoms with Crippen LogP contribution in [0.15, 0.2) is 77.4 Å². The minimum Gasteiger partial charge on any atom is -0.356 e. The number of aromatic nitrogens is 3. The molecule has 2 aromatic heterocycles. The van der Waals surface area contributed by atoms with Crippen molar-refractivity contribution in [2.75, 3.05) is 18.0 Å². The van der Waals surface area contributed by atoms with Crippen molar-refractivity contribution in [3.63, 3.8) is 0 Å². The summed E-state index contributed by atoms with van der Waals surface area (Å²) >= 11 is 0. The van der Waals surface area contributed by atoms with E-state index in [9.17, 15) is 4.79 Å². The van der Waals surface area contributed by atoms with E-state index in [2.05, 4.69) is 25.3 Å². The van der Waals surface area contributed by atoms with Crippen LogP contribution in [0.25, 0.3) is 22.8 Å². The Kier molecular flexibility index (Phi) is 6.33. The van der Waals surface area contributed by atoms with Gasteiger partial charge in [0, 0.05) is 37.3 Å². The lowest BCUT2D eigenvalue weighted by Crippen LogP contribution is -2.40. The third kappa shape index (κ3) is 4.83. The predicted octanol–water partition coefficient (Wildman–Crippen LogP) is 4.64. The maximum atomic E-state index is 12.7. The number of hydrogen-bond donors (Lipinski definition) is 1. The number of carbonyl (C=O) groups excluding carboxylic acids is 1. The van der Waals surface area contributed by atoms with Crippen LogP contribution in [0.4, 0.5) is 5.82 Å². The highest BCUT2D eigenvalue weighted by atomic mass is 16.5. The SMILES string of the molecule is Cc1ccc(-c2noc(-c3cccnc3N3CCC(C(=O)NCc4ccccc4)CC3)n2)cc1. The number of aryl methyl sites for hydroxylation is 1. The van der Waals surface area contributed by atoms with Gasteiger partial charge in [-0.2, -0.15) is 4.98 Å². The zero-order valence-corrected chi connectivity index (χ0v) is 19.1. The van der Waals surface area contributed by atoms with Crippen LogP contribution in [0.2, 0.25) is 0 Å². The molecule has 172 valence electrons. The van der Waals surface area contributed by atoms with Crippen molar-refractivity contribution in [2.45, 2.75) is 26.3 Å². The number of pyridine rings is 1. The molecule has 3 heterocycles. The van der Waals surface area contributed by atoms with Gasteiger partial charge in [0.05, 0.1) is 5.56 Å². The van der Waals surface area contributed by atoms with Gasteiger partial charge in [-0.25, -0.2) is 4.98 Å². The molecule has 1 N–H and O–H groups in total. The zero-order chi connectivity index (χ0) is 23.3. The van der Waals surface area contributed by atoms with Gasteiger partial charge in [0.2, 0.25) is 11.7 Å². The van der Waals surface area contributed by atoms with Crippen LogP contribution in [0, 0.1) is 12.8 Å². The second-order valence-electron chi connectivity index (χ2n) is 8.63. The first-order valence-corrected chi connectivity index (χ1v) is 11.6. The third-order valence-electron chi connectivity index (χ3n) is 6.23. The Labute approximate surface area is 198 Å². The molecule has 0 bridgehead atoms. The summed E-state index contributed by atoms with van der Waals surface area (Å²) in [5.74, 6) is 1.93. The zero-order valence-electron chi connectivity index (χ0n) is 19.1. The van der Waals surface area contributed by atoms with Crippen molar-refractivity contribution in [1.29, 1.82) is 0 Å². The highest BCUT2D eigenvalue weighted by Crippen LogP contribution is 2.32. The molecule has 4 aromatic rings. The van der Waals surface area contributed by atoms with E-state index in [1.54, 1.807) is 6.20 Å². The first kappa shape index (κ1) is 21.8. The Balaban J connectivity index is 1.25. The highest BCUT2D eigenvalue weighted by molar-refractivity contribution is 5.79. The average Bonchev–Trinajstić information content (AvgIpc) is 3.39. The van der Waals surface area contributed by atoms with E-state index in [-0.39, 0.29) is 11.8 Å². The molecule has 2 aromatic carbocycles.